The van der Waals surface area contributed by atoms with Crippen molar-refractivity contribution in [1.29, 1.82) is 0 Å². The van der Waals surface area contributed by atoms with E-state index in [2.05, 4.69) is 13.2 Å². The normalized spacial score (nSPS) is 11.6. The summed E-state index contributed by atoms with van der Waals surface area (Å²) in [5, 5.41) is 0. The third kappa shape index (κ3) is 14.2. The molecule has 0 aliphatic rings. The van der Waals surface area contributed by atoms with Gasteiger partial charge >= 0.3 is 23.9 Å². The standard InChI is InChI=1S/C17H28O5.C14H22O5/c1-11(2)13(18)17(7,8)15(20)22-10-16(5,6)9-21-14(19)12(3)4;1-9(2)11(15)14(5,6)13(17)19-8-7-18-12(16)10(3)4/h11H,3,9-10H2,1-2,4-8H3;9H,3,7-8H2,1-2,4-6H3. The number of ether oxygens (including phenoxy) is 4. The fraction of sp³-hybridized carbons (Fsp3) is 0.677. The summed E-state index contributed by atoms with van der Waals surface area (Å²) in [6.45, 7) is 26.8. The molecule has 0 unspecified atom stereocenters. The smallest absolute Gasteiger partial charge is 0.333 e. The Bertz CT molecular complexity index is 996. The molecule has 0 aromatic carbocycles. The van der Waals surface area contributed by atoms with Crippen molar-refractivity contribution in [2.24, 2.45) is 28.1 Å². The maximum absolute atomic E-state index is 12.1. The zero-order valence-electron chi connectivity index (χ0n) is 27.0. The van der Waals surface area contributed by atoms with Gasteiger partial charge < -0.3 is 18.9 Å². The SMILES string of the molecule is C=C(C)C(=O)OCC(C)(C)COC(=O)C(C)(C)C(=O)C(C)C.C=C(C)C(=O)OCCOC(=O)C(C)(C)C(=O)C(C)C. The number of hydrogen-bond acceptors (Lipinski definition) is 10. The number of esters is 4. The molecular formula is C31H50O10. The topological polar surface area (TPSA) is 139 Å². The quantitative estimate of drug-likeness (QED) is 0.0867. The first kappa shape index (κ1) is 39.8. The highest BCUT2D eigenvalue weighted by Gasteiger charge is 2.40. The third-order valence-corrected chi connectivity index (χ3v) is 5.74. The Labute approximate surface area is 245 Å². The Balaban J connectivity index is 0. The first-order valence-electron chi connectivity index (χ1n) is 13.5. The number of hydrogen-bond donors (Lipinski definition) is 0. The van der Waals surface area contributed by atoms with Gasteiger partial charge in [-0.15, -0.1) is 0 Å². The molecule has 0 saturated heterocycles. The molecule has 10 heteroatoms. The number of carbonyl (C=O) groups excluding carboxylic acids is 6. The predicted octanol–water partition coefficient (Wildman–Crippen LogP) is 4.83. The highest BCUT2D eigenvalue weighted by molar-refractivity contribution is 6.04. The van der Waals surface area contributed by atoms with Crippen LogP contribution in [0.2, 0.25) is 0 Å². The molecule has 0 aromatic heterocycles. The molecule has 41 heavy (non-hydrogen) atoms. The van der Waals surface area contributed by atoms with Crippen molar-refractivity contribution in [3.05, 3.63) is 24.3 Å². The highest BCUT2D eigenvalue weighted by atomic mass is 16.6. The minimum atomic E-state index is -1.19. The van der Waals surface area contributed by atoms with E-state index in [1.807, 2.05) is 13.8 Å². The van der Waals surface area contributed by atoms with Crippen LogP contribution in [0.15, 0.2) is 24.3 Å². The van der Waals surface area contributed by atoms with Crippen LogP contribution in [0.25, 0.3) is 0 Å². The summed E-state index contributed by atoms with van der Waals surface area (Å²) in [6, 6.07) is 0. The van der Waals surface area contributed by atoms with Gasteiger partial charge in [-0.3, -0.25) is 19.2 Å². The van der Waals surface area contributed by atoms with E-state index in [1.54, 1.807) is 48.5 Å². The van der Waals surface area contributed by atoms with Crippen molar-refractivity contribution in [3.8, 4) is 0 Å². The maximum Gasteiger partial charge on any atom is 0.333 e. The lowest BCUT2D eigenvalue weighted by atomic mass is 9.82. The van der Waals surface area contributed by atoms with Gasteiger partial charge in [0.05, 0.1) is 13.2 Å². The largest absolute Gasteiger partial charge is 0.464 e. The molecule has 0 aliphatic carbocycles. The summed E-state index contributed by atoms with van der Waals surface area (Å²) in [4.78, 5) is 70.2. The zero-order chi connectivity index (χ0) is 32.9. The Morgan fingerprint density at radius 3 is 1.24 bits per heavy atom. The van der Waals surface area contributed by atoms with Crippen LogP contribution < -0.4 is 0 Å². The van der Waals surface area contributed by atoms with E-state index in [9.17, 15) is 28.8 Å². The summed E-state index contributed by atoms with van der Waals surface area (Å²) >= 11 is 0. The number of rotatable bonds is 15. The Kier molecular flexibility index (Phi) is 16.4. The van der Waals surface area contributed by atoms with E-state index < -0.39 is 40.1 Å². The van der Waals surface area contributed by atoms with Gasteiger partial charge in [0.15, 0.2) is 11.6 Å². The molecule has 234 valence electrons. The van der Waals surface area contributed by atoms with Crippen molar-refractivity contribution in [2.45, 2.75) is 83.1 Å². The summed E-state index contributed by atoms with van der Waals surface area (Å²) in [6.07, 6.45) is 0. The maximum atomic E-state index is 12.1. The van der Waals surface area contributed by atoms with Crippen LogP contribution in [0.3, 0.4) is 0 Å². The molecule has 0 aromatic rings. The lowest BCUT2D eigenvalue weighted by Crippen LogP contribution is -2.39. The fourth-order valence-electron chi connectivity index (χ4n) is 3.08. The van der Waals surface area contributed by atoms with Crippen LogP contribution in [-0.4, -0.2) is 61.9 Å². The average molecular weight is 583 g/mol. The van der Waals surface area contributed by atoms with Gasteiger partial charge in [-0.25, -0.2) is 9.59 Å². The molecule has 0 atom stereocenters. The first-order valence-corrected chi connectivity index (χ1v) is 13.5. The number of ketones is 2. The summed E-state index contributed by atoms with van der Waals surface area (Å²) < 4.78 is 20.1. The molecule has 0 aliphatic heterocycles. The van der Waals surface area contributed by atoms with E-state index in [-0.39, 0.29) is 55.4 Å². The van der Waals surface area contributed by atoms with Gasteiger partial charge in [0, 0.05) is 28.4 Å². The molecule has 0 rings (SSSR count). The lowest BCUT2D eigenvalue weighted by molar-refractivity contribution is -0.164. The minimum Gasteiger partial charge on any atom is -0.464 e. The average Bonchev–Trinajstić information content (AvgIpc) is 2.86. The highest BCUT2D eigenvalue weighted by Crippen LogP contribution is 2.26. The van der Waals surface area contributed by atoms with Gasteiger partial charge in [0.2, 0.25) is 0 Å². The molecular weight excluding hydrogens is 532 g/mol. The van der Waals surface area contributed by atoms with Gasteiger partial charge in [0.25, 0.3) is 0 Å². The van der Waals surface area contributed by atoms with E-state index >= 15 is 0 Å². The van der Waals surface area contributed by atoms with E-state index in [0.29, 0.717) is 5.57 Å². The van der Waals surface area contributed by atoms with Crippen molar-refractivity contribution in [1.82, 2.24) is 0 Å². The second kappa shape index (κ2) is 16.8. The first-order chi connectivity index (χ1) is 18.4. The molecule has 0 radical (unpaired) electrons. The summed E-state index contributed by atoms with van der Waals surface area (Å²) in [5.41, 5.74) is -2.32. The van der Waals surface area contributed by atoms with Crippen LogP contribution in [0, 0.1) is 28.1 Å². The van der Waals surface area contributed by atoms with E-state index in [1.165, 1.54) is 20.8 Å². The van der Waals surface area contributed by atoms with Gasteiger partial charge in [0.1, 0.15) is 24.0 Å². The Hall–Kier alpha value is -3.30. The Morgan fingerprint density at radius 1 is 0.561 bits per heavy atom. The van der Waals surface area contributed by atoms with Crippen molar-refractivity contribution >= 4 is 35.4 Å². The van der Waals surface area contributed by atoms with Crippen molar-refractivity contribution in [2.75, 3.05) is 26.4 Å². The van der Waals surface area contributed by atoms with E-state index in [4.69, 9.17) is 18.9 Å². The number of Topliss-reactive ketones (excluding diaryl/α,β-unsaturated/α-hetero) is 2. The second-order valence-corrected chi connectivity index (χ2v) is 12.4. The molecule has 0 heterocycles. The second-order valence-electron chi connectivity index (χ2n) is 12.4. The fourth-order valence-corrected chi connectivity index (χ4v) is 3.08. The van der Waals surface area contributed by atoms with Gasteiger partial charge in [-0.2, -0.15) is 0 Å². The van der Waals surface area contributed by atoms with Crippen LogP contribution in [0.1, 0.15) is 83.1 Å². The van der Waals surface area contributed by atoms with Crippen molar-refractivity contribution in [3.63, 3.8) is 0 Å². The molecule has 10 nitrogen and oxygen atoms in total. The van der Waals surface area contributed by atoms with Crippen LogP contribution in [0.4, 0.5) is 0 Å². The van der Waals surface area contributed by atoms with E-state index in [0.717, 1.165) is 0 Å². The molecule has 0 saturated carbocycles. The lowest BCUT2D eigenvalue weighted by Gasteiger charge is -2.28. The van der Waals surface area contributed by atoms with Crippen molar-refractivity contribution < 1.29 is 47.7 Å². The molecule has 0 N–H and O–H groups in total. The van der Waals surface area contributed by atoms with Crippen LogP contribution >= 0.6 is 0 Å². The molecule has 0 fully saturated rings. The Morgan fingerprint density at radius 2 is 0.878 bits per heavy atom. The van der Waals surface area contributed by atoms with Crippen LogP contribution in [0.5, 0.6) is 0 Å². The van der Waals surface area contributed by atoms with Crippen LogP contribution in [-0.2, 0) is 47.7 Å². The van der Waals surface area contributed by atoms with Gasteiger partial charge in [-0.05, 0) is 41.5 Å². The summed E-state index contributed by atoms with van der Waals surface area (Å²) in [5.74, 6) is -3.03. The zero-order valence-corrected chi connectivity index (χ0v) is 27.0. The monoisotopic (exact) mass is 582 g/mol. The third-order valence-electron chi connectivity index (χ3n) is 5.74. The van der Waals surface area contributed by atoms with Gasteiger partial charge in [-0.1, -0.05) is 54.7 Å². The summed E-state index contributed by atoms with van der Waals surface area (Å²) in [7, 11) is 0. The molecule has 0 bridgehead atoms. The minimum absolute atomic E-state index is 0.0522. The molecule has 0 amide bonds. The number of carbonyl (C=O) groups is 6. The molecule has 0 spiro atoms. The predicted molar refractivity (Wildman–Crippen MR) is 154 cm³/mol.